The van der Waals surface area contributed by atoms with E-state index in [-0.39, 0.29) is 11.7 Å². The highest BCUT2D eigenvalue weighted by molar-refractivity contribution is 7.99. The van der Waals surface area contributed by atoms with Gasteiger partial charge in [-0.1, -0.05) is 13.8 Å². The Balaban J connectivity index is 3.12. The third-order valence-electron chi connectivity index (χ3n) is 2.81. The van der Waals surface area contributed by atoms with Gasteiger partial charge in [0.2, 0.25) is 0 Å². The predicted octanol–water partition coefficient (Wildman–Crippen LogP) is 2.97. The molecule has 1 rings (SSSR count). The largest absolute Gasteiger partial charge is 0.396 e. The summed E-state index contributed by atoms with van der Waals surface area (Å²) >= 11 is 3.07. The van der Waals surface area contributed by atoms with Crippen molar-refractivity contribution < 1.29 is 9.53 Å². The van der Waals surface area contributed by atoms with E-state index in [9.17, 15) is 4.79 Å². The van der Waals surface area contributed by atoms with Crippen molar-refractivity contribution in [3.05, 3.63) is 4.88 Å². The summed E-state index contributed by atoms with van der Waals surface area (Å²) in [5.41, 5.74) is 6.75. The van der Waals surface area contributed by atoms with Crippen molar-refractivity contribution in [2.24, 2.45) is 5.92 Å². The molecule has 0 amide bonds. The van der Waals surface area contributed by atoms with E-state index in [0.29, 0.717) is 17.2 Å². The summed E-state index contributed by atoms with van der Waals surface area (Å²) in [6.07, 6.45) is 1.98. The van der Waals surface area contributed by atoms with Gasteiger partial charge in [-0.15, -0.1) is 23.1 Å². The number of hydrogen-bond donors (Lipinski definition) is 1. The molecule has 0 saturated carbocycles. The Morgan fingerprint density at radius 3 is 2.63 bits per heavy atom. The van der Waals surface area contributed by atoms with Crippen LogP contribution in [0.15, 0.2) is 4.90 Å². The second-order valence-electron chi connectivity index (χ2n) is 4.62. The number of ether oxygens (including phenoxy) is 1. The second-order valence-corrected chi connectivity index (χ2v) is 6.43. The molecule has 0 aliphatic heterocycles. The van der Waals surface area contributed by atoms with Gasteiger partial charge in [0, 0.05) is 26.6 Å². The van der Waals surface area contributed by atoms with Crippen molar-refractivity contribution in [1.82, 2.24) is 0 Å². The van der Waals surface area contributed by atoms with Crippen LogP contribution in [0.2, 0.25) is 0 Å². The Labute approximate surface area is 123 Å². The van der Waals surface area contributed by atoms with E-state index in [1.165, 1.54) is 11.3 Å². The number of hydrogen-bond acceptors (Lipinski definition) is 6. The van der Waals surface area contributed by atoms with E-state index in [2.05, 4.69) is 4.90 Å². The van der Waals surface area contributed by atoms with Crippen molar-refractivity contribution >= 4 is 39.6 Å². The molecule has 2 N–H and O–H groups in total. The number of anilines is 2. The molecule has 0 fully saturated rings. The number of thioether (sulfide) groups is 1. The number of nitrogens with zero attached hydrogens (tertiary/aromatic N) is 1. The van der Waals surface area contributed by atoms with Crippen LogP contribution in [0.3, 0.4) is 0 Å². The number of nitrogens with two attached hydrogens (primary N) is 1. The quantitative estimate of drug-likeness (QED) is 0.620. The Morgan fingerprint density at radius 1 is 1.53 bits per heavy atom. The van der Waals surface area contributed by atoms with Crippen molar-refractivity contribution in [3.63, 3.8) is 0 Å². The molecule has 0 aromatic carbocycles. The molecule has 19 heavy (non-hydrogen) atoms. The SMILES string of the molecule is COCCN(C)c1sc(C(=O)C(C)C)c(N)c1SC. The number of rotatable bonds is 7. The van der Waals surface area contributed by atoms with Gasteiger partial charge in [0.15, 0.2) is 5.78 Å². The first kappa shape index (κ1) is 16.3. The number of nitrogen functional groups attached to an aromatic ring is 1. The van der Waals surface area contributed by atoms with E-state index in [1.54, 1.807) is 18.9 Å². The van der Waals surface area contributed by atoms with Crippen LogP contribution in [0.4, 0.5) is 10.7 Å². The highest BCUT2D eigenvalue weighted by atomic mass is 32.2. The molecule has 0 aliphatic carbocycles. The molecule has 0 aliphatic rings. The first-order valence-corrected chi connectivity index (χ1v) is 8.18. The number of ketones is 1. The monoisotopic (exact) mass is 302 g/mol. The Hall–Kier alpha value is -0.720. The minimum Gasteiger partial charge on any atom is -0.396 e. The summed E-state index contributed by atoms with van der Waals surface area (Å²) in [7, 11) is 3.67. The van der Waals surface area contributed by atoms with Crippen LogP contribution in [0.5, 0.6) is 0 Å². The number of thiophene rings is 1. The van der Waals surface area contributed by atoms with Crippen LogP contribution >= 0.6 is 23.1 Å². The smallest absolute Gasteiger partial charge is 0.177 e. The van der Waals surface area contributed by atoms with Crippen LogP contribution in [-0.4, -0.2) is 39.3 Å². The highest BCUT2D eigenvalue weighted by Gasteiger charge is 2.23. The molecular formula is C13H22N2O2S2. The first-order valence-electron chi connectivity index (χ1n) is 6.14. The molecule has 1 aromatic heterocycles. The zero-order valence-corrected chi connectivity index (χ0v) is 13.8. The third-order valence-corrected chi connectivity index (χ3v) is 5.10. The molecule has 6 heteroatoms. The van der Waals surface area contributed by atoms with Crippen LogP contribution in [-0.2, 0) is 4.74 Å². The molecule has 108 valence electrons. The Bertz CT molecular complexity index is 444. The number of carbonyl (C=O) groups excluding carboxylic acids is 1. The lowest BCUT2D eigenvalue weighted by Crippen LogP contribution is -2.21. The number of likely N-dealkylation sites (N-methyl/N-ethyl adjacent to an activating group) is 1. The van der Waals surface area contributed by atoms with Crippen molar-refractivity contribution in [3.8, 4) is 0 Å². The summed E-state index contributed by atoms with van der Waals surface area (Å²) < 4.78 is 5.09. The summed E-state index contributed by atoms with van der Waals surface area (Å²) in [5.74, 6) is 0.0805. The Morgan fingerprint density at radius 2 is 2.16 bits per heavy atom. The number of Topliss-reactive ketones (excluding diaryl/α,β-unsaturated/α-hetero) is 1. The normalized spacial score (nSPS) is 11.1. The van der Waals surface area contributed by atoms with E-state index >= 15 is 0 Å². The molecular weight excluding hydrogens is 280 g/mol. The van der Waals surface area contributed by atoms with Crippen LogP contribution < -0.4 is 10.6 Å². The molecule has 0 bridgehead atoms. The van der Waals surface area contributed by atoms with Gasteiger partial charge in [-0.25, -0.2) is 0 Å². The lowest BCUT2D eigenvalue weighted by Gasteiger charge is -2.18. The van der Waals surface area contributed by atoms with Gasteiger partial charge in [0.25, 0.3) is 0 Å². The molecule has 0 radical (unpaired) electrons. The van der Waals surface area contributed by atoms with Crippen molar-refractivity contribution in [2.75, 3.05) is 44.2 Å². The lowest BCUT2D eigenvalue weighted by atomic mass is 10.1. The van der Waals surface area contributed by atoms with Gasteiger partial charge in [0.1, 0.15) is 5.00 Å². The fourth-order valence-corrected chi connectivity index (χ4v) is 3.92. The van der Waals surface area contributed by atoms with Crippen LogP contribution in [0.25, 0.3) is 0 Å². The van der Waals surface area contributed by atoms with Gasteiger partial charge >= 0.3 is 0 Å². The minimum atomic E-state index is -0.0345. The third kappa shape index (κ3) is 3.64. The molecule has 4 nitrogen and oxygen atoms in total. The molecule has 0 saturated heterocycles. The van der Waals surface area contributed by atoms with Gasteiger partial charge in [0.05, 0.1) is 22.1 Å². The summed E-state index contributed by atoms with van der Waals surface area (Å²) in [6.45, 7) is 5.22. The predicted molar refractivity (Wildman–Crippen MR) is 84.8 cm³/mol. The fraction of sp³-hybridized carbons (Fsp3) is 0.615. The fourth-order valence-electron chi connectivity index (χ4n) is 1.64. The number of carbonyl (C=O) groups is 1. The number of methoxy groups -OCH3 is 1. The average Bonchev–Trinajstić information content (AvgIpc) is 2.71. The summed E-state index contributed by atoms with van der Waals surface area (Å²) in [6, 6.07) is 0. The Kier molecular flexibility index (Phi) is 6.16. The minimum absolute atomic E-state index is 0.0345. The maximum atomic E-state index is 12.2. The van der Waals surface area contributed by atoms with E-state index in [4.69, 9.17) is 10.5 Å². The maximum absolute atomic E-state index is 12.2. The first-order chi connectivity index (χ1) is 8.93. The standard InChI is InChI=1S/C13H22N2O2S2/c1-8(2)10(16)11-9(14)12(18-5)13(19-11)15(3)6-7-17-4/h8H,6-7,14H2,1-5H3. The van der Waals surface area contributed by atoms with E-state index in [0.717, 1.165) is 16.4 Å². The zero-order chi connectivity index (χ0) is 14.6. The zero-order valence-electron chi connectivity index (χ0n) is 12.1. The summed E-state index contributed by atoms with van der Waals surface area (Å²) in [5, 5.41) is 1.05. The van der Waals surface area contributed by atoms with Crippen LogP contribution in [0, 0.1) is 5.92 Å². The molecule has 0 atom stereocenters. The lowest BCUT2D eigenvalue weighted by molar-refractivity contribution is 0.0944. The topological polar surface area (TPSA) is 55.6 Å². The maximum Gasteiger partial charge on any atom is 0.177 e. The second kappa shape index (κ2) is 7.17. The molecule has 0 unspecified atom stereocenters. The van der Waals surface area contributed by atoms with Crippen LogP contribution in [0.1, 0.15) is 23.5 Å². The summed E-state index contributed by atoms with van der Waals surface area (Å²) in [4.78, 5) is 15.9. The highest BCUT2D eigenvalue weighted by Crippen LogP contribution is 2.44. The molecule has 1 aromatic rings. The van der Waals surface area contributed by atoms with Gasteiger partial charge < -0.3 is 15.4 Å². The average molecular weight is 302 g/mol. The van der Waals surface area contributed by atoms with E-state index < -0.39 is 0 Å². The molecule has 1 heterocycles. The van der Waals surface area contributed by atoms with Crippen molar-refractivity contribution in [2.45, 2.75) is 18.7 Å². The van der Waals surface area contributed by atoms with Gasteiger partial charge in [-0.05, 0) is 6.26 Å². The van der Waals surface area contributed by atoms with Gasteiger partial charge in [-0.3, -0.25) is 4.79 Å². The van der Waals surface area contributed by atoms with Gasteiger partial charge in [-0.2, -0.15) is 0 Å². The molecule has 0 spiro atoms. The van der Waals surface area contributed by atoms with Crippen molar-refractivity contribution in [1.29, 1.82) is 0 Å². The van der Waals surface area contributed by atoms with E-state index in [1.807, 2.05) is 27.2 Å².